The lowest BCUT2D eigenvalue weighted by Gasteiger charge is -2.18. The molecule has 1 atom stereocenters. The maximum absolute atomic E-state index is 14.0. The molecule has 1 aliphatic rings. The van der Waals surface area contributed by atoms with Crippen LogP contribution in [0, 0.1) is 11.7 Å². The SMILES string of the molecule is CCC[NH2+]CC(=O)Nc1sc2c(c1C(=O)Nc1ccccc1F)CC[C@H](C)C2. The number of hydrogen-bond acceptors (Lipinski definition) is 3. The van der Waals surface area contributed by atoms with Gasteiger partial charge in [0.25, 0.3) is 11.8 Å². The van der Waals surface area contributed by atoms with E-state index in [1.807, 2.05) is 5.32 Å². The van der Waals surface area contributed by atoms with Crippen molar-refractivity contribution in [2.24, 2.45) is 5.92 Å². The molecule has 7 heteroatoms. The second-order valence-corrected chi connectivity index (χ2v) is 8.42. The van der Waals surface area contributed by atoms with Gasteiger partial charge in [-0.25, -0.2) is 4.39 Å². The summed E-state index contributed by atoms with van der Waals surface area (Å²) in [5.74, 6) is -0.423. The Balaban J connectivity index is 1.86. The number of rotatable bonds is 7. The van der Waals surface area contributed by atoms with E-state index in [4.69, 9.17) is 0 Å². The Morgan fingerprint density at radius 3 is 2.82 bits per heavy atom. The molecule has 0 fully saturated rings. The molecule has 1 aromatic heterocycles. The summed E-state index contributed by atoms with van der Waals surface area (Å²) < 4.78 is 14.0. The van der Waals surface area contributed by atoms with E-state index in [1.54, 1.807) is 12.1 Å². The largest absolute Gasteiger partial charge is 0.338 e. The van der Waals surface area contributed by atoms with Crippen LogP contribution in [0.5, 0.6) is 0 Å². The number of fused-ring (bicyclic) bond motifs is 1. The fraction of sp³-hybridized carbons (Fsp3) is 0.429. The van der Waals surface area contributed by atoms with Gasteiger partial charge in [-0.3, -0.25) is 9.59 Å². The third-order valence-electron chi connectivity index (χ3n) is 4.94. The number of amides is 2. The fourth-order valence-electron chi connectivity index (χ4n) is 3.44. The fourth-order valence-corrected chi connectivity index (χ4v) is 4.87. The van der Waals surface area contributed by atoms with Gasteiger partial charge in [0.15, 0.2) is 6.54 Å². The topological polar surface area (TPSA) is 74.8 Å². The number of nitrogens with two attached hydrogens (primary N) is 1. The van der Waals surface area contributed by atoms with Crippen LogP contribution in [0.25, 0.3) is 0 Å². The number of nitrogens with one attached hydrogen (secondary N) is 2. The predicted molar refractivity (Wildman–Crippen MR) is 110 cm³/mol. The molecule has 4 N–H and O–H groups in total. The number of halogens is 1. The zero-order valence-corrected chi connectivity index (χ0v) is 17.1. The molecule has 2 aromatic rings. The Morgan fingerprint density at radius 1 is 1.29 bits per heavy atom. The zero-order chi connectivity index (χ0) is 20.1. The molecule has 5 nitrogen and oxygen atoms in total. The monoisotopic (exact) mass is 404 g/mol. The maximum Gasteiger partial charge on any atom is 0.280 e. The van der Waals surface area contributed by atoms with Crippen molar-refractivity contribution in [2.75, 3.05) is 23.7 Å². The first kappa shape index (κ1) is 20.5. The van der Waals surface area contributed by atoms with Gasteiger partial charge < -0.3 is 16.0 Å². The highest BCUT2D eigenvalue weighted by Crippen LogP contribution is 2.40. The molecule has 0 saturated carbocycles. The van der Waals surface area contributed by atoms with Gasteiger partial charge in [-0.05, 0) is 49.3 Å². The van der Waals surface area contributed by atoms with Crippen LogP contribution in [0.4, 0.5) is 15.1 Å². The number of anilines is 2. The van der Waals surface area contributed by atoms with Crippen LogP contribution in [0.15, 0.2) is 24.3 Å². The van der Waals surface area contributed by atoms with Crippen molar-refractivity contribution in [1.82, 2.24) is 0 Å². The second-order valence-electron chi connectivity index (χ2n) is 7.32. The molecule has 0 aliphatic heterocycles. The van der Waals surface area contributed by atoms with Crippen molar-refractivity contribution >= 4 is 33.8 Å². The molecule has 1 aromatic carbocycles. The van der Waals surface area contributed by atoms with Crippen molar-refractivity contribution in [3.63, 3.8) is 0 Å². The van der Waals surface area contributed by atoms with Crippen LogP contribution in [-0.4, -0.2) is 24.9 Å². The maximum atomic E-state index is 14.0. The van der Waals surface area contributed by atoms with Gasteiger partial charge in [0.05, 0.1) is 17.8 Å². The molecule has 28 heavy (non-hydrogen) atoms. The van der Waals surface area contributed by atoms with Crippen molar-refractivity contribution in [1.29, 1.82) is 0 Å². The summed E-state index contributed by atoms with van der Waals surface area (Å²) in [5.41, 5.74) is 1.62. The molecule has 1 aliphatic carbocycles. The van der Waals surface area contributed by atoms with Gasteiger partial charge in [-0.1, -0.05) is 26.0 Å². The van der Waals surface area contributed by atoms with E-state index in [1.165, 1.54) is 23.5 Å². The van der Waals surface area contributed by atoms with E-state index >= 15 is 0 Å². The molecule has 2 amide bonds. The number of carbonyl (C=O) groups is 2. The third-order valence-corrected chi connectivity index (χ3v) is 6.11. The molecular formula is C21H27FN3O2S+. The van der Waals surface area contributed by atoms with Crippen LogP contribution in [0.3, 0.4) is 0 Å². The highest BCUT2D eigenvalue weighted by atomic mass is 32.1. The van der Waals surface area contributed by atoms with E-state index in [0.717, 1.165) is 42.7 Å². The molecule has 0 bridgehead atoms. The first-order valence-electron chi connectivity index (χ1n) is 9.81. The van der Waals surface area contributed by atoms with E-state index in [0.29, 0.717) is 23.0 Å². The van der Waals surface area contributed by atoms with Crippen molar-refractivity contribution in [3.8, 4) is 0 Å². The van der Waals surface area contributed by atoms with Crippen LogP contribution >= 0.6 is 11.3 Å². The van der Waals surface area contributed by atoms with Crippen LogP contribution in [0.1, 0.15) is 47.5 Å². The number of para-hydroxylation sites is 1. The Hall–Kier alpha value is -2.25. The minimum absolute atomic E-state index is 0.125. The van der Waals surface area contributed by atoms with E-state index in [9.17, 15) is 14.0 Å². The average molecular weight is 405 g/mol. The first-order valence-corrected chi connectivity index (χ1v) is 10.6. The van der Waals surface area contributed by atoms with Gasteiger partial charge in [-0.2, -0.15) is 0 Å². The summed E-state index contributed by atoms with van der Waals surface area (Å²) >= 11 is 1.48. The van der Waals surface area contributed by atoms with Gasteiger partial charge in [0.2, 0.25) is 0 Å². The number of thiophene rings is 1. The summed E-state index contributed by atoms with van der Waals surface area (Å²) in [5, 5.41) is 8.11. The standard InChI is InChI=1S/C21H26FN3O2S/c1-3-10-23-12-18(26)25-21-19(14-9-8-13(2)11-17(14)28-21)20(27)24-16-7-5-4-6-15(16)22/h4-7,13,23H,3,8-12H2,1-2H3,(H,24,27)(H,25,26)/p+1/t13-/m0/s1. The quantitative estimate of drug-likeness (QED) is 0.620. The van der Waals surface area contributed by atoms with Crippen molar-refractivity contribution in [2.45, 2.75) is 39.5 Å². The molecule has 0 radical (unpaired) electrons. The second kappa shape index (κ2) is 9.30. The normalized spacial score (nSPS) is 15.8. The Bertz CT molecular complexity index is 865. The molecule has 3 rings (SSSR count). The van der Waals surface area contributed by atoms with Gasteiger partial charge in [-0.15, -0.1) is 11.3 Å². The van der Waals surface area contributed by atoms with E-state index in [2.05, 4.69) is 24.5 Å². The highest BCUT2D eigenvalue weighted by molar-refractivity contribution is 7.17. The Morgan fingerprint density at radius 2 is 2.07 bits per heavy atom. The van der Waals surface area contributed by atoms with Crippen LogP contribution in [-0.2, 0) is 17.6 Å². The zero-order valence-electron chi connectivity index (χ0n) is 16.3. The molecular weight excluding hydrogens is 377 g/mol. The van der Waals surface area contributed by atoms with Crippen molar-refractivity contribution < 1.29 is 19.3 Å². The molecule has 0 saturated heterocycles. The number of quaternary nitrogens is 1. The smallest absolute Gasteiger partial charge is 0.280 e. The average Bonchev–Trinajstić information content (AvgIpc) is 3.00. The predicted octanol–water partition coefficient (Wildman–Crippen LogP) is 3.18. The molecule has 0 spiro atoms. The minimum Gasteiger partial charge on any atom is -0.338 e. The summed E-state index contributed by atoms with van der Waals surface area (Å²) in [6, 6.07) is 6.10. The minimum atomic E-state index is -0.478. The molecule has 0 unspecified atom stereocenters. The van der Waals surface area contributed by atoms with Crippen LogP contribution < -0.4 is 16.0 Å². The summed E-state index contributed by atoms with van der Waals surface area (Å²) in [6.45, 7) is 5.46. The lowest BCUT2D eigenvalue weighted by Crippen LogP contribution is -2.86. The summed E-state index contributed by atoms with van der Waals surface area (Å²) in [6.07, 6.45) is 3.69. The van der Waals surface area contributed by atoms with Crippen molar-refractivity contribution in [3.05, 3.63) is 46.1 Å². The van der Waals surface area contributed by atoms with Gasteiger partial charge in [0, 0.05) is 4.88 Å². The lowest BCUT2D eigenvalue weighted by molar-refractivity contribution is -0.643. The Kier molecular flexibility index (Phi) is 6.80. The van der Waals surface area contributed by atoms with E-state index < -0.39 is 5.82 Å². The number of hydrogen-bond donors (Lipinski definition) is 3. The Labute approximate surface area is 168 Å². The molecule has 150 valence electrons. The number of benzene rings is 1. The van der Waals surface area contributed by atoms with Gasteiger partial charge >= 0.3 is 0 Å². The first-order chi connectivity index (χ1) is 13.5. The lowest BCUT2D eigenvalue weighted by atomic mass is 9.88. The number of carbonyl (C=O) groups excluding carboxylic acids is 2. The molecule has 1 heterocycles. The third kappa shape index (κ3) is 4.77. The van der Waals surface area contributed by atoms with E-state index in [-0.39, 0.29) is 17.5 Å². The highest BCUT2D eigenvalue weighted by Gasteiger charge is 2.28. The van der Waals surface area contributed by atoms with Crippen LogP contribution in [0.2, 0.25) is 0 Å². The summed E-state index contributed by atoms with van der Waals surface area (Å²) in [4.78, 5) is 26.5. The summed E-state index contributed by atoms with van der Waals surface area (Å²) in [7, 11) is 0. The van der Waals surface area contributed by atoms with Gasteiger partial charge in [0.1, 0.15) is 10.8 Å².